The van der Waals surface area contributed by atoms with Crippen molar-refractivity contribution in [2.24, 2.45) is 5.73 Å². The van der Waals surface area contributed by atoms with Crippen molar-refractivity contribution in [2.45, 2.75) is 25.8 Å². The number of hydrogen-bond donors (Lipinski definition) is 2. The van der Waals surface area contributed by atoms with Gasteiger partial charge in [0.15, 0.2) is 0 Å². The monoisotopic (exact) mass is 375 g/mol. The zero-order valence-electron chi connectivity index (χ0n) is 13.8. The number of benzene rings is 2. The first-order valence-electron chi connectivity index (χ1n) is 7.99. The fourth-order valence-corrected chi connectivity index (χ4v) is 3.20. The maximum Gasteiger partial charge on any atom is 0.115 e. The summed E-state index contributed by atoms with van der Waals surface area (Å²) >= 11 is 12.4. The Morgan fingerprint density at radius 2 is 1.84 bits per heavy atom. The SMILES string of the molecule is CC(N)Cc1cc(Cc2ccc(O)cc2)n(-c2ccc(Cl)cc2Cl)n1. The van der Waals surface area contributed by atoms with Gasteiger partial charge in [-0.2, -0.15) is 5.10 Å². The van der Waals surface area contributed by atoms with Crippen LogP contribution in [0.5, 0.6) is 5.75 Å². The van der Waals surface area contributed by atoms with E-state index in [0.717, 1.165) is 22.6 Å². The van der Waals surface area contributed by atoms with E-state index in [1.54, 1.807) is 24.3 Å². The molecule has 3 N–H and O–H groups in total. The zero-order chi connectivity index (χ0) is 18.0. The summed E-state index contributed by atoms with van der Waals surface area (Å²) in [5.74, 6) is 0.246. The lowest BCUT2D eigenvalue weighted by atomic mass is 10.1. The normalized spacial score (nSPS) is 12.3. The third kappa shape index (κ3) is 4.34. The minimum atomic E-state index is 0.0190. The molecule has 130 valence electrons. The number of aromatic hydroxyl groups is 1. The van der Waals surface area contributed by atoms with Crippen molar-refractivity contribution in [1.82, 2.24) is 9.78 Å². The van der Waals surface area contributed by atoms with Crippen LogP contribution in [-0.4, -0.2) is 20.9 Å². The van der Waals surface area contributed by atoms with Crippen molar-refractivity contribution in [1.29, 1.82) is 0 Å². The number of phenols is 1. The highest BCUT2D eigenvalue weighted by atomic mass is 35.5. The van der Waals surface area contributed by atoms with Gasteiger partial charge in [0, 0.05) is 29.6 Å². The second-order valence-corrected chi connectivity index (χ2v) is 7.00. The average Bonchev–Trinajstić information content (AvgIpc) is 2.91. The molecule has 4 nitrogen and oxygen atoms in total. The standard InChI is InChI=1S/C19H19Cl2N3O/c1-12(22)8-15-11-16(9-13-2-5-17(25)6-3-13)24(23-15)19-7-4-14(20)10-18(19)21/h2-7,10-12,25H,8-9,22H2,1H3. The quantitative estimate of drug-likeness (QED) is 0.695. The second kappa shape index (κ2) is 7.48. The number of aromatic nitrogens is 2. The van der Waals surface area contributed by atoms with Crippen LogP contribution in [0.4, 0.5) is 0 Å². The summed E-state index contributed by atoms with van der Waals surface area (Å²) in [5.41, 5.74) is 9.66. The van der Waals surface area contributed by atoms with Crippen LogP contribution in [0.1, 0.15) is 23.9 Å². The first-order valence-corrected chi connectivity index (χ1v) is 8.74. The van der Waals surface area contributed by atoms with Crippen molar-refractivity contribution in [3.05, 3.63) is 75.5 Å². The smallest absolute Gasteiger partial charge is 0.115 e. The Morgan fingerprint density at radius 1 is 1.12 bits per heavy atom. The van der Waals surface area contributed by atoms with E-state index in [4.69, 9.17) is 28.9 Å². The lowest BCUT2D eigenvalue weighted by Gasteiger charge is -2.10. The Hall–Kier alpha value is -2.01. The highest BCUT2D eigenvalue weighted by Gasteiger charge is 2.14. The summed E-state index contributed by atoms with van der Waals surface area (Å²) in [6, 6.07) is 14.5. The molecule has 0 bridgehead atoms. The second-order valence-electron chi connectivity index (χ2n) is 6.16. The van der Waals surface area contributed by atoms with Crippen LogP contribution in [0.2, 0.25) is 10.0 Å². The van der Waals surface area contributed by atoms with Crippen molar-refractivity contribution in [2.75, 3.05) is 0 Å². The summed E-state index contributed by atoms with van der Waals surface area (Å²) in [5, 5.41) is 15.3. The van der Waals surface area contributed by atoms with Crippen molar-refractivity contribution < 1.29 is 5.11 Å². The van der Waals surface area contributed by atoms with E-state index in [1.807, 2.05) is 35.9 Å². The Bertz CT molecular complexity index is 873. The van der Waals surface area contributed by atoms with Gasteiger partial charge in [0.05, 0.1) is 16.4 Å². The van der Waals surface area contributed by atoms with Gasteiger partial charge < -0.3 is 10.8 Å². The lowest BCUT2D eigenvalue weighted by Crippen LogP contribution is -2.18. The minimum absolute atomic E-state index is 0.0190. The predicted octanol–water partition coefficient (Wildman–Crippen LogP) is 4.37. The Balaban J connectivity index is 2.02. The van der Waals surface area contributed by atoms with Gasteiger partial charge in [-0.15, -0.1) is 0 Å². The molecule has 1 heterocycles. The summed E-state index contributed by atoms with van der Waals surface area (Å²) in [6.45, 7) is 1.95. The Labute approximate surface area is 156 Å². The molecule has 6 heteroatoms. The first-order chi connectivity index (χ1) is 11.9. The topological polar surface area (TPSA) is 64.1 Å². The van der Waals surface area contributed by atoms with E-state index >= 15 is 0 Å². The van der Waals surface area contributed by atoms with E-state index in [9.17, 15) is 5.11 Å². The molecule has 1 atom stereocenters. The van der Waals surface area contributed by atoms with Crippen LogP contribution in [-0.2, 0) is 12.8 Å². The molecule has 0 spiro atoms. The van der Waals surface area contributed by atoms with Crippen LogP contribution in [0.25, 0.3) is 5.69 Å². The molecule has 3 rings (SSSR count). The van der Waals surface area contributed by atoms with Gasteiger partial charge in [-0.1, -0.05) is 35.3 Å². The molecule has 1 unspecified atom stereocenters. The van der Waals surface area contributed by atoms with Crippen molar-refractivity contribution in [3.8, 4) is 11.4 Å². The molecule has 0 radical (unpaired) electrons. The van der Waals surface area contributed by atoms with Crippen molar-refractivity contribution in [3.63, 3.8) is 0 Å². The third-order valence-electron chi connectivity index (χ3n) is 3.82. The van der Waals surface area contributed by atoms with Gasteiger partial charge in [-0.25, -0.2) is 4.68 Å². The van der Waals surface area contributed by atoms with E-state index < -0.39 is 0 Å². The molecule has 0 fully saturated rings. The lowest BCUT2D eigenvalue weighted by molar-refractivity contribution is 0.475. The largest absolute Gasteiger partial charge is 0.508 e. The van der Waals surface area contributed by atoms with Gasteiger partial charge >= 0.3 is 0 Å². The number of nitrogens with zero attached hydrogens (tertiary/aromatic N) is 2. The molecule has 0 aliphatic heterocycles. The van der Waals surface area contributed by atoms with Gasteiger partial charge in [-0.3, -0.25) is 0 Å². The van der Waals surface area contributed by atoms with E-state index in [-0.39, 0.29) is 11.8 Å². The molecular weight excluding hydrogens is 357 g/mol. The number of rotatable bonds is 5. The van der Waals surface area contributed by atoms with E-state index in [2.05, 4.69) is 5.10 Å². The number of phenolic OH excluding ortho intramolecular Hbond substituents is 1. The van der Waals surface area contributed by atoms with Crippen molar-refractivity contribution >= 4 is 23.2 Å². The number of nitrogens with two attached hydrogens (primary N) is 1. The van der Waals surface area contributed by atoms with Gasteiger partial charge in [0.2, 0.25) is 0 Å². The summed E-state index contributed by atoms with van der Waals surface area (Å²) < 4.78 is 1.84. The maximum atomic E-state index is 9.46. The summed E-state index contributed by atoms with van der Waals surface area (Å²) in [7, 11) is 0. The summed E-state index contributed by atoms with van der Waals surface area (Å²) in [4.78, 5) is 0. The Morgan fingerprint density at radius 3 is 2.48 bits per heavy atom. The zero-order valence-corrected chi connectivity index (χ0v) is 15.3. The predicted molar refractivity (Wildman–Crippen MR) is 102 cm³/mol. The van der Waals surface area contributed by atoms with Gasteiger partial charge in [0.1, 0.15) is 5.75 Å². The van der Waals surface area contributed by atoms with Gasteiger partial charge in [-0.05, 0) is 48.9 Å². The highest BCUT2D eigenvalue weighted by molar-refractivity contribution is 6.35. The highest BCUT2D eigenvalue weighted by Crippen LogP contribution is 2.27. The average molecular weight is 376 g/mol. The first kappa shape index (κ1) is 17.8. The van der Waals surface area contributed by atoms with Crippen LogP contribution in [0.15, 0.2) is 48.5 Å². The molecule has 0 saturated carbocycles. The molecular formula is C19H19Cl2N3O. The third-order valence-corrected chi connectivity index (χ3v) is 4.36. The molecule has 3 aromatic rings. The summed E-state index contributed by atoms with van der Waals surface area (Å²) in [6.07, 6.45) is 1.34. The number of halogens is 2. The fraction of sp³-hybridized carbons (Fsp3) is 0.211. The van der Waals surface area contributed by atoms with Crippen LogP contribution >= 0.6 is 23.2 Å². The molecule has 0 aliphatic rings. The molecule has 2 aromatic carbocycles. The molecule has 0 amide bonds. The number of hydrogen-bond acceptors (Lipinski definition) is 3. The van der Waals surface area contributed by atoms with Crippen LogP contribution in [0, 0.1) is 0 Å². The molecule has 1 aromatic heterocycles. The molecule has 25 heavy (non-hydrogen) atoms. The van der Waals surface area contributed by atoms with E-state index in [0.29, 0.717) is 22.9 Å². The van der Waals surface area contributed by atoms with E-state index in [1.165, 1.54) is 0 Å². The van der Waals surface area contributed by atoms with Gasteiger partial charge in [0.25, 0.3) is 0 Å². The molecule has 0 saturated heterocycles. The molecule has 0 aliphatic carbocycles. The fourth-order valence-electron chi connectivity index (χ4n) is 2.72. The maximum absolute atomic E-state index is 9.46. The Kier molecular flexibility index (Phi) is 5.33. The van der Waals surface area contributed by atoms with Crippen LogP contribution in [0.3, 0.4) is 0 Å². The minimum Gasteiger partial charge on any atom is -0.508 e. The van der Waals surface area contributed by atoms with Crippen LogP contribution < -0.4 is 5.73 Å².